The highest BCUT2D eigenvalue weighted by Crippen LogP contribution is 2.44. The van der Waals surface area contributed by atoms with Crippen LogP contribution in [-0.2, 0) is 0 Å². The Morgan fingerprint density at radius 1 is 0.324 bits per heavy atom. The molecule has 0 aliphatic carbocycles. The second kappa shape index (κ2) is 8.09. The van der Waals surface area contributed by atoms with Gasteiger partial charge in [0.05, 0.1) is 0 Å². The van der Waals surface area contributed by atoms with Gasteiger partial charge in [0.1, 0.15) is 11.5 Å². The van der Waals surface area contributed by atoms with Gasteiger partial charge in [-0.25, -0.2) is 0 Å². The summed E-state index contributed by atoms with van der Waals surface area (Å²) in [4.78, 5) is 0. The van der Waals surface area contributed by atoms with Crippen molar-refractivity contribution in [3.63, 3.8) is 0 Å². The van der Waals surface area contributed by atoms with Gasteiger partial charge in [0.15, 0.2) is 0 Å². The van der Waals surface area contributed by atoms with E-state index >= 15 is 0 Å². The van der Waals surface area contributed by atoms with E-state index in [9.17, 15) is 10.2 Å². The van der Waals surface area contributed by atoms with Crippen LogP contribution in [0.3, 0.4) is 0 Å². The second-order valence-corrected chi connectivity index (χ2v) is 8.51. The van der Waals surface area contributed by atoms with Crippen molar-refractivity contribution in [1.82, 2.24) is 0 Å². The molecule has 0 saturated heterocycles. The van der Waals surface area contributed by atoms with Crippen LogP contribution in [0.5, 0.6) is 11.5 Å². The molecule has 6 aromatic rings. The molecular weight excluding hydrogens is 416 g/mol. The number of phenols is 2. The average molecular weight is 439 g/mol. The molecule has 6 rings (SSSR count). The van der Waals surface area contributed by atoms with Crippen molar-refractivity contribution in [1.29, 1.82) is 0 Å². The molecule has 0 amide bonds. The molecule has 0 aromatic heterocycles. The van der Waals surface area contributed by atoms with Gasteiger partial charge in [0.2, 0.25) is 0 Å². The Hall–Kier alpha value is -4.56. The zero-order valence-electron chi connectivity index (χ0n) is 18.4. The third kappa shape index (κ3) is 3.37. The Labute approximate surface area is 198 Å². The third-order valence-corrected chi connectivity index (χ3v) is 6.46. The quantitative estimate of drug-likeness (QED) is 0.291. The lowest BCUT2D eigenvalue weighted by atomic mass is 9.86. The Morgan fingerprint density at radius 2 is 0.735 bits per heavy atom. The summed E-state index contributed by atoms with van der Waals surface area (Å²) < 4.78 is 0. The smallest absolute Gasteiger partial charge is 0.116 e. The molecule has 0 heterocycles. The molecule has 0 aliphatic heterocycles. The summed E-state index contributed by atoms with van der Waals surface area (Å²) in [5.41, 5.74) is 6.00. The maximum atomic E-state index is 10.4. The maximum Gasteiger partial charge on any atom is 0.116 e. The van der Waals surface area contributed by atoms with Gasteiger partial charge < -0.3 is 10.2 Å². The van der Waals surface area contributed by atoms with Crippen molar-refractivity contribution in [2.45, 2.75) is 0 Å². The van der Waals surface area contributed by atoms with E-state index in [4.69, 9.17) is 0 Å². The highest BCUT2D eigenvalue weighted by atomic mass is 16.3. The molecule has 2 heteroatoms. The molecule has 2 nitrogen and oxygen atoms in total. The van der Waals surface area contributed by atoms with Crippen molar-refractivity contribution in [2.75, 3.05) is 0 Å². The van der Waals surface area contributed by atoms with E-state index in [2.05, 4.69) is 48.5 Å². The maximum absolute atomic E-state index is 10.4. The topological polar surface area (TPSA) is 40.5 Å². The van der Waals surface area contributed by atoms with Crippen LogP contribution in [0, 0.1) is 0 Å². The highest BCUT2D eigenvalue weighted by Gasteiger charge is 2.17. The third-order valence-electron chi connectivity index (χ3n) is 6.46. The summed E-state index contributed by atoms with van der Waals surface area (Å²) >= 11 is 0. The first-order valence-corrected chi connectivity index (χ1v) is 11.3. The number of hydrogen-bond donors (Lipinski definition) is 2. The van der Waals surface area contributed by atoms with Gasteiger partial charge in [0, 0.05) is 0 Å². The Kier molecular flexibility index (Phi) is 4.78. The van der Waals surface area contributed by atoms with E-state index in [0.29, 0.717) is 0 Å². The normalized spacial score (nSPS) is 11.2. The summed E-state index contributed by atoms with van der Waals surface area (Å²) in [6.07, 6.45) is 0. The zero-order valence-corrected chi connectivity index (χ0v) is 18.4. The fourth-order valence-corrected chi connectivity index (χ4v) is 4.90. The number of rotatable bonds is 3. The van der Waals surface area contributed by atoms with Crippen LogP contribution < -0.4 is 0 Å². The molecule has 0 atom stereocenters. The molecule has 6 aromatic carbocycles. The monoisotopic (exact) mass is 438 g/mol. The van der Waals surface area contributed by atoms with Crippen molar-refractivity contribution in [3.05, 3.63) is 121 Å². The van der Waals surface area contributed by atoms with Gasteiger partial charge in [-0.15, -0.1) is 0 Å². The van der Waals surface area contributed by atoms with Crippen LogP contribution in [0.4, 0.5) is 0 Å². The molecule has 0 radical (unpaired) electrons. The number of phenolic OH excluding ortho intramolecular Hbond substituents is 2. The van der Waals surface area contributed by atoms with Crippen LogP contribution in [0.15, 0.2) is 121 Å². The molecule has 0 bridgehead atoms. The first-order chi connectivity index (χ1) is 16.7. The molecule has 162 valence electrons. The molecule has 0 aliphatic rings. The minimum absolute atomic E-state index is 0.220. The molecule has 34 heavy (non-hydrogen) atoms. The first-order valence-electron chi connectivity index (χ1n) is 11.3. The number of fused-ring (bicyclic) bond motifs is 2. The van der Waals surface area contributed by atoms with Crippen molar-refractivity contribution in [2.24, 2.45) is 0 Å². The van der Waals surface area contributed by atoms with Crippen LogP contribution in [-0.4, -0.2) is 10.2 Å². The van der Waals surface area contributed by atoms with E-state index in [1.54, 1.807) is 12.1 Å². The summed E-state index contributed by atoms with van der Waals surface area (Å²) in [7, 11) is 0. The van der Waals surface area contributed by atoms with Gasteiger partial charge >= 0.3 is 0 Å². The summed E-state index contributed by atoms with van der Waals surface area (Å²) in [6.45, 7) is 0. The van der Waals surface area contributed by atoms with Crippen LogP contribution in [0.1, 0.15) is 0 Å². The van der Waals surface area contributed by atoms with Crippen molar-refractivity contribution in [3.8, 4) is 44.9 Å². The van der Waals surface area contributed by atoms with Crippen LogP contribution in [0.25, 0.3) is 54.9 Å². The van der Waals surface area contributed by atoms with Crippen molar-refractivity contribution < 1.29 is 10.2 Å². The molecule has 0 saturated carbocycles. The molecule has 0 unspecified atom stereocenters. The highest BCUT2D eigenvalue weighted by molar-refractivity contribution is 6.05. The Balaban J connectivity index is 1.67. The van der Waals surface area contributed by atoms with E-state index in [-0.39, 0.29) is 11.5 Å². The Morgan fingerprint density at radius 3 is 1.21 bits per heavy atom. The van der Waals surface area contributed by atoms with E-state index < -0.39 is 0 Å². The SMILES string of the molecule is Oc1ccc(-c2ccc(O)cc2-c2cccc3ccccc23)c(-c2cccc3ccccc23)c1. The van der Waals surface area contributed by atoms with Gasteiger partial charge in [-0.3, -0.25) is 0 Å². The lowest BCUT2D eigenvalue weighted by Crippen LogP contribution is -1.91. The van der Waals surface area contributed by atoms with Gasteiger partial charge in [-0.05, 0) is 79.2 Å². The van der Waals surface area contributed by atoms with E-state index in [0.717, 1.165) is 54.9 Å². The van der Waals surface area contributed by atoms with E-state index in [1.165, 1.54) is 0 Å². The van der Waals surface area contributed by atoms with Gasteiger partial charge in [-0.1, -0.05) is 97.1 Å². The predicted molar refractivity (Wildman–Crippen MR) is 141 cm³/mol. The number of benzene rings is 6. The first kappa shape index (κ1) is 20.1. The Bertz CT molecular complexity index is 1540. The number of hydrogen-bond acceptors (Lipinski definition) is 2. The molecule has 0 spiro atoms. The van der Waals surface area contributed by atoms with Gasteiger partial charge in [-0.2, -0.15) is 0 Å². The van der Waals surface area contributed by atoms with E-state index in [1.807, 2.05) is 60.7 Å². The summed E-state index contributed by atoms with van der Waals surface area (Å²) in [6, 6.07) is 40.1. The fourth-order valence-electron chi connectivity index (χ4n) is 4.90. The largest absolute Gasteiger partial charge is 0.508 e. The lowest BCUT2D eigenvalue weighted by Gasteiger charge is -2.18. The minimum atomic E-state index is 0.220. The fraction of sp³-hybridized carbons (Fsp3) is 0. The summed E-state index contributed by atoms with van der Waals surface area (Å²) in [5.74, 6) is 0.439. The number of aromatic hydroxyl groups is 2. The van der Waals surface area contributed by atoms with Crippen LogP contribution >= 0.6 is 0 Å². The minimum Gasteiger partial charge on any atom is -0.508 e. The molecule has 0 fully saturated rings. The average Bonchev–Trinajstić information content (AvgIpc) is 2.88. The molecular formula is C32H22O2. The van der Waals surface area contributed by atoms with Gasteiger partial charge in [0.25, 0.3) is 0 Å². The lowest BCUT2D eigenvalue weighted by molar-refractivity contribution is 0.475. The van der Waals surface area contributed by atoms with Crippen LogP contribution in [0.2, 0.25) is 0 Å². The summed E-state index contributed by atoms with van der Waals surface area (Å²) in [5, 5.41) is 25.4. The van der Waals surface area contributed by atoms with Crippen molar-refractivity contribution >= 4 is 21.5 Å². The second-order valence-electron chi connectivity index (χ2n) is 8.51. The predicted octanol–water partition coefficient (Wildman–Crippen LogP) is 8.41. The zero-order chi connectivity index (χ0) is 23.1. The standard InChI is InChI=1S/C32H22O2/c33-23-15-17-29(31(19-23)27-13-5-9-21-7-1-3-11-25(21)27)30-18-16-24(34)20-32(30)28-14-6-10-22-8-2-4-12-26(22)28/h1-20,33-34H. The molecule has 2 N–H and O–H groups in total.